The monoisotopic (exact) mass is 582 g/mol. The standard InChI is InChI=1S/C28H32Cl2N8O2/c29-19-8-9-25(38-16-26(30)35-36-38)21(14-19)23-15-27(39)37(17-33-23)24-7-2-1-3-12-32-28(40)22(10-11-31)34-20-6-4-5-18(24)13-20/h4-6,8-9,13-17,22,24,34-36H,1-3,7,10-12,31H2,(H,32,40)/t22-,24+/m1/s1. The molecule has 2 aliphatic rings. The van der Waals surface area contributed by atoms with Gasteiger partial charge in [-0.05, 0) is 61.7 Å². The maximum Gasteiger partial charge on any atom is 0.254 e. The summed E-state index contributed by atoms with van der Waals surface area (Å²) in [7, 11) is 0. The fourth-order valence-electron chi connectivity index (χ4n) is 5.05. The molecule has 0 spiro atoms. The minimum Gasteiger partial charge on any atom is -0.374 e. The zero-order chi connectivity index (χ0) is 28.1. The van der Waals surface area contributed by atoms with Gasteiger partial charge in [0.2, 0.25) is 5.91 Å². The van der Waals surface area contributed by atoms with E-state index < -0.39 is 6.04 Å². The Morgan fingerprint density at radius 1 is 1.05 bits per heavy atom. The summed E-state index contributed by atoms with van der Waals surface area (Å²) < 4.78 is 1.68. The molecule has 12 heteroatoms. The maximum atomic E-state index is 13.6. The van der Waals surface area contributed by atoms with Crippen LogP contribution in [0.5, 0.6) is 0 Å². The smallest absolute Gasteiger partial charge is 0.254 e. The van der Waals surface area contributed by atoms with Crippen LogP contribution < -0.4 is 37.9 Å². The van der Waals surface area contributed by atoms with Crippen LogP contribution in [-0.4, -0.2) is 34.6 Å². The SMILES string of the molecule is NCC[C@H]1Nc2cccc(c2)[C@@H](n2cnc(-c3cc(Cl)ccc3N3C=C(Cl)NN3)cc2=O)CCCCCNC1=O. The van der Waals surface area contributed by atoms with Crippen LogP contribution in [0.4, 0.5) is 11.4 Å². The van der Waals surface area contributed by atoms with Crippen LogP contribution in [0.25, 0.3) is 11.3 Å². The maximum absolute atomic E-state index is 13.6. The fraction of sp³-hybridized carbons (Fsp3) is 0.321. The van der Waals surface area contributed by atoms with Crippen molar-refractivity contribution in [2.45, 2.75) is 44.2 Å². The summed E-state index contributed by atoms with van der Waals surface area (Å²) >= 11 is 12.4. The first-order valence-electron chi connectivity index (χ1n) is 13.3. The van der Waals surface area contributed by atoms with E-state index >= 15 is 0 Å². The molecule has 5 rings (SSSR count). The summed E-state index contributed by atoms with van der Waals surface area (Å²) in [6.07, 6.45) is 7.21. The molecule has 0 aliphatic carbocycles. The molecule has 0 radical (unpaired) electrons. The number of hydrogen-bond donors (Lipinski definition) is 5. The van der Waals surface area contributed by atoms with Gasteiger partial charge >= 0.3 is 0 Å². The molecule has 210 valence electrons. The molecule has 1 aromatic heterocycles. The first kappa shape index (κ1) is 28.0. The van der Waals surface area contributed by atoms with Gasteiger partial charge in [-0.3, -0.25) is 24.6 Å². The Morgan fingerprint density at radius 2 is 1.93 bits per heavy atom. The molecule has 6 N–H and O–H groups in total. The largest absolute Gasteiger partial charge is 0.374 e. The van der Waals surface area contributed by atoms with Crippen LogP contribution in [0.1, 0.15) is 43.7 Å². The number of fused-ring (bicyclic) bond motifs is 2. The number of nitrogens with two attached hydrogens (primary N) is 1. The normalized spacial score (nSPS) is 19.8. The highest BCUT2D eigenvalue weighted by Gasteiger charge is 2.22. The molecule has 2 atom stereocenters. The Morgan fingerprint density at radius 3 is 2.70 bits per heavy atom. The van der Waals surface area contributed by atoms with Crippen molar-refractivity contribution in [1.29, 1.82) is 0 Å². The molecule has 0 saturated carbocycles. The second kappa shape index (κ2) is 12.7. The van der Waals surface area contributed by atoms with Gasteiger partial charge in [0, 0.05) is 28.9 Å². The van der Waals surface area contributed by atoms with Gasteiger partial charge < -0.3 is 16.4 Å². The number of halogens is 2. The number of nitrogens with one attached hydrogen (secondary N) is 4. The van der Waals surface area contributed by atoms with Gasteiger partial charge in [0.05, 0.1) is 30.0 Å². The second-order valence-electron chi connectivity index (χ2n) is 9.82. The van der Waals surface area contributed by atoms with Crippen molar-refractivity contribution in [3.63, 3.8) is 0 Å². The minimum atomic E-state index is -0.431. The van der Waals surface area contributed by atoms with E-state index in [2.05, 4.69) is 21.6 Å². The quantitative estimate of drug-likeness (QED) is 0.287. The highest BCUT2D eigenvalue weighted by molar-refractivity contribution is 6.31. The molecule has 3 aromatic rings. The van der Waals surface area contributed by atoms with Crippen molar-refractivity contribution in [1.82, 2.24) is 25.8 Å². The van der Waals surface area contributed by atoms with Crippen LogP contribution in [-0.2, 0) is 4.79 Å². The topological polar surface area (TPSA) is 129 Å². The predicted molar refractivity (Wildman–Crippen MR) is 159 cm³/mol. The summed E-state index contributed by atoms with van der Waals surface area (Å²) in [5, 5.41) is 8.99. The molecule has 2 bridgehead atoms. The van der Waals surface area contributed by atoms with E-state index in [4.69, 9.17) is 33.9 Å². The molecular weight excluding hydrogens is 551 g/mol. The van der Waals surface area contributed by atoms with Crippen molar-refractivity contribution in [3.8, 4) is 11.3 Å². The fourth-order valence-corrected chi connectivity index (χ4v) is 5.36. The van der Waals surface area contributed by atoms with E-state index in [1.54, 1.807) is 34.2 Å². The third kappa shape index (κ3) is 6.42. The van der Waals surface area contributed by atoms with Crippen molar-refractivity contribution in [2.24, 2.45) is 5.73 Å². The summed E-state index contributed by atoms with van der Waals surface area (Å²) in [4.78, 5) is 31.0. The molecular formula is C28H32Cl2N8O2. The molecule has 0 unspecified atom stereocenters. The van der Waals surface area contributed by atoms with Crippen LogP contribution in [0, 0.1) is 0 Å². The van der Waals surface area contributed by atoms with Gasteiger partial charge in [0.1, 0.15) is 11.2 Å². The van der Waals surface area contributed by atoms with E-state index in [-0.39, 0.29) is 17.5 Å². The molecule has 10 nitrogen and oxygen atoms in total. The molecule has 0 saturated heterocycles. The van der Waals surface area contributed by atoms with E-state index in [0.717, 1.165) is 42.6 Å². The molecule has 1 amide bonds. The Hall–Kier alpha value is -3.57. The van der Waals surface area contributed by atoms with Crippen molar-refractivity contribution in [2.75, 3.05) is 23.4 Å². The third-order valence-corrected chi connectivity index (χ3v) is 7.47. The molecule has 3 heterocycles. The summed E-state index contributed by atoms with van der Waals surface area (Å²) in [6, 6.07) is 14.1. The van der Waals surface area contributed by atoms with E-state index in [1.165, 1.54) is 6.07 Å². The summed E-state index contributed by atoms with van der Waals surface area (Å²) in [5.41, 5.74) is 15.0. The van der Waals surface area contributed by atoms with Gasteiger partial charge in [-0.25, -0.2) is 4.98 Å². The molecule has 40 heavy (non-hydrogen) atoms. The van der Waals surface area contributed by atoms with Crippen LogP contribution in [0.3, 0.4) is 0 Å². The van der Waals surface area contributed by atoms with Gasteiger partial charge in [-0.1, -0.05) is 48.2 Å². The van der Waals surface area contributed by atoms with Crippen LogP contribution in [0.15, 0.2) is 71.0 Å². The Labute approximate surface area is 242 Å². The lowest BCUT2D eigenvalue weighted by Crippen LogP contribution is -2.41. The van der Waals surface area contributed by atoms with Gasteiger partial charge in [-0.2, -0.15) is 0 Å². The van der Waals surface area contributed by atoms with Crippen molar-refractivity contribution >= 4 is 40.5 Å². The lowest BCUT2D eigenvalue weighted by molar-refractivity contribution is -0.121. The van der Waals surface area contributed by atoms with E-state index in [1.807, 2.05) is 30.3 Å². The number of carbonyl (C=O) groups is 1. The Kier molecular flexibility index (Phi) is 8.91. The van der Waals surface area contributed by atoms with Gasteiger partial charge in [0.25, 0.3) is 5.56 Å². The predicted octanol–water partition coefficient (Wildman–Crippen LogP) is 3.84. The number of nitrogens with zero attached hydrogens (tertiary/aromatic N) is 3. The average molecular weight is 584 g/mol. The van der Waals surface area contributed by atoms with Gasteiger partial charge in [0.15, 0.2) is 0 Å². The third-order valence-electron chi connectivity index (χ3n) is 7.04. The first-order chi connectivity index (χ1) is 19.4. The number of aromatic nitrogens is 2. The Bertz CT molecular complexity index is 1460. The van der Waals surface area contributed by atoms with Crippen molar-refractivity contribution < 1.29 is 4.79 Å². The number of amides is 1. The zero-order valence-corrected chi connectivity index (χ0v) is 23.4. The summed E-state index contributed by atoms with van der Waals surface area (Å²) in [5.74, 6) is -0.0549. The number of benzene rings is 2. The highest BCUT2D eigenvalue weighted by atomic mass is 35.5. The van der Waals surface area contributed by atoms with Crippen molar-refractivity contribution in [3.05, 3.63) is 87.2 Å². The second-order valence-corrected chi connectivity index (χ2v) is 10.7. The average Bonchev–Trinajstić information content (AvgIpc) is 3.38. The minimum absolute atomic E-state index is 0.0549. The lowest BCUT2D eigenvalue weighted by atomic mass is 9.99. The lowest BCUT2D eigenvalue weighted by Gasteiger charge is -2.23. The molecule has 2 aliphatic heterocycles. The Balaban J connectivity index is 1.50. The van der Waals surface area contributed by atoms with E-state index in [9.17, 15) is 9.59 Å². The van der Waals surface area contributed by atoms with Crippen LogP contribution in [0.2, 0.25) is 5.02 Å². The first-order valence-corrected chi connectivity index (χ1v) is 14.1. The number of hydrazine groups is 2. The number of carbonyl (C=O) groups excluding carboxylic acids is 1. The number of hydrogen-bond acceptors (Lipinski definition) is 8. The van der Waals surface area contributed by atoms with Gasteiger partial charge in [-0.15, -0.1) is 5.53 Å². The number of anilines is 2. The molecule has 0 fully saturated rings. The molecule has 2 aromatic carbocycles. The van der Waals surface area contributed by atoms with E-state index in [0.29, 0.717) is 40.9 Å². The zero-order valence-electron chi connectivity index (χ0n) is 21.9. The highest BCUT2D eigenvalue weighted by Crippen LogP contribution is 2.33. The number of rotatable bonds is 5. The summed E-state index contributed by atoms with van der Waals surface area (Å²) in [6.45, 7) is 0.993. The van der Waals surface area contributed by atoms with Crippen LogP contribution >= 0.6 is 23.2 Å².